The molecule has 1 atom stereocenters. The quantitative estimate of drug-likeness (QED) is 0.791. The van der Waals surface area contributed by atoms with E-state index in [1.165, 1.54) is 5.01 Å². The fraction of sp³-hybridized carbons (Fsp3) is 0.278. The Hall–Kier alpha value is -2.67. The first-order valence-electron chi connectivity index (χ1n) is 7.85. The van der Waals surface area contributed by atoms with Gasteiger partial charge in [0.05, 0.1) is 18.9 Å². The Morgan fingerprint density at radius 3 is 2.64 bits per heavy atom. The zero-order valence-corrected chi connectivity index (χ0v) is 14.5. The highest BCUT2D eigenvalue weighted by Crippen LogP contribution is 2.35. The summed E-state index contributed by atoms with van der Waals surface area (Å²) in [4.78, 5) is 24.1. The summed E-state index contributed by atoms with van der Waals surface area (Å²) in [5.41, 5.74) is 1.71. The van der Waals surface area contributed by atoms with Gasteiger partial charge in [0.25, 0.3) is 0 Å². The second kappa shape index (κ2) is 7.48. The van der Waals surface area contributed by atoms with E-state index in [4.69, 9.17) is 4.74 Å². The first kappa shape index (κ1) is 17.2. The molecule has 25 heavy (non-hydrogen) atoms. The summed E-state index contributed by atoms with van der Waals surface area (Å²) in [5.74, 6) is -0.801. The number of aliphatic carboxylic acids is 1. The molecule has 1 aromatic heterocycles. The number of hydrazone groups is 1. The first-order chi connectivity index (χ1) is 12.1. The van der Waals surface area contributed by atoms with E-state index in [1.807, 2.05) is 41.8 Å². The number of carboxylic acid groups (broad SMARTS) is 1. The first-order valence-corrected chi connectivity index (χ1v) is 8.73. The van der Waals surface area contributed by atoms with Crippen LogP contribution in [0.15, 0.2) is 46.9 Å². The summed E-state index contributed by atoms with van der Waals surface area (Å²) in [6.45, 7) is 0. The van der Waals surface area contributed by atoms with Crippen LogP contribution < -0.4 is 9.84 Å². The Morgan fingerprint density at radius 2 is 2.04 bits per heavy atom. The van der Waals surface area contributed by atoms with Crippen molar-refractivity contribution in [2.45, 2.75) is 25.3 Å². The number of ether oxygens (including phenoxy) is 1. The van der Waals surface area contributed by atoms with E-state index in [2.05, 4.69) is 5.10 Å². The number of thiophene rings is 1. The molecule has 1 amide bonds. The van der Waals surface area contributed by atoms with Gasteiger partial charge in [-0.05, 0) is 47.7 Å². The fourth-order valence-electron chi connectivity index (χ4n) is 2.72. The van der Waals surface area contributed by atoms with Crippen LogP contribution in [0, 0.1) is 0 Å². The number of carboxylic acids is 1. The van der Waals surface area contributed by atoms with Crippen LogP contribution in [0.25, 0.3) is 0 Å². The average Bonchev–Trinajstić information content (AvgIpc) is 3.29. The zero-order chi connectivity index (χ0) is 17.8. The zero-order valence-electron chi connectivity index (χ0n) is 13.7. The van der Waals surface area contributed by atoms with E-state index in [0.717, 1.165) is 21.9 Å². The number of methoxy groups -OCH3 is 1. The number of carbonyl (C=O) groups excluding carboxylic acids is 2. The third-order valence-corrected chi connectivity index (χ3v) is 4.98. The summed E-state index contributed by atoms with van der Waals surface area (Å²) in [6, 6.07) is 11.2. The molecule has 0 saturated carbocycles. The number of carbonyl (C=O) groups is 2. The lowest BCUT2D eigenvalue weighted by molar-refractivity contribution is -0.305. The van der Waals surface area contributed by atoms with Gasteiger partial charge in [-0.2, -0.15) is 5.10 Å². The molecule has 0 radical (unpaired) electrons. The Bertz CT molecular complexity index is 784. The maximum absolute atomic E-state index is 12.4. The van der Waals surface area contributed by atoms with E-state index in [-0.39, 0.29) is 24.8 Å². The Morgan fingerprint density at radius 1 is 1.28 bits per heavy atom. The number of rotatable bonds is 6. The van der Waals surface area contributed by atoms with Gasteiger partial charge >= 0.3 is 0 Å². The largest absolute Gasteiger partial charge is 0.550 e. The second-order valence-corrected chi connectivity index (χ2v) is 6.60. The van der Waals surface area contributed by atoms with Crippen molar-refractivity contribution in [1.82, 2.24) is 5.01 Å². The highest BCUT2D eigenvalue weighted by Gasteiger charge is 2.33. The normalized spacial score (nSPS) is 16.6. The molecule has 0 N–H and O–H groups in total. The molecule has 0 spiro atoms. The van der Waals surface area contributed by atoms with Crippen molar-refractivity contribution in [1.29, 1.82) is 0 Å². The third-order valence-electron chi connectivity index (χ3n) is 4.00. The molecule has 6 nitrogen and oxygen atoms in total. The maximum Gasteiger partial charge on any atom is 0.243 e. The fourth-order valence-corrected chi connectivity index (χ4v) is 3.54. The highest BCUT2D eigenvalue weighted by molar-refractivity contribution is 7.10. The number of amides is 1. The molecule has 2 aromatic rings. The van der Waals surface area contributed by atoms with Gasteiger partial charge in [0.15, 0.2) is 0 Å². The Kier molecular flexibility index (Phi) is 5.14. The van der Waals surface area contributed by atoms with Crippen molar-refractivity contribution in [2.24, 2.45) is 5.10 Å². The monoisotopic (exact) mass is 357 g/mol. The smallest absolute Gasteiger partial charge is 0.243 e. The molecule has 2 heterocycles. The lowest BCUT2D eigenvalue weighted by atomic mass is 10.0. The molecular formula is C18H17N2O4S-. The van der Waals surface area contributed by atoms with Crippen LogP contribution in [0.4, 0.5) is 0 Å². The summed E-state index contributed by atoms with van der Waals surface area (Å²) in [7, 11) is 1.60. The average molecular weight is 357 g/mol. The summed E-state index contributed by atoms with van der Waals surface area (Å²) in [5, 5.41) is 18.5. The lowest BCUT2D eigenvalue weighted by Crippen LogP contribution is -2.29. The van der Waals surface area contributed by atoms with Crippen LogP contribution in [0.2, 0.25) is 0 Å². The van der Waals surface area contributed by atoms with Crippen LogP contribution in [0.3, 0.4) is 0 Å². The van der Waals surface area contributed by atoms with Crippen LogP contribution in [-0.2, 0) is 9.59 Å². The van der Waals surface area contributed by atoms with Gasteiger partial charge in [-0.15, -0.1) is 11.3 Å². The molecule has 1 aliphatic rings. The second-order valence-electron chi connectivity index (χ2n) is 5.62. The summed E-state index contributed by atoms with van der Waals surface area (Å²) < 4.78 is 5.16. The van der Waals surface area contributed by atoms with Crippen molar-refractivity contribution in [3.05, 3.63) is 52.2 Å². The third kappa shape index (κ3) is 3.88. The van der Waals surface area contributed by atoms with Crippen molar-refractivity contribution in [2.75, 3.05) is 7.11 Å². The van der Waals surface area contributed by atoms with Gasteiger partial charge < -0.3 is 14.6 Å². The number of hydrogen-bond acceptors (Lipinski definition) is 6. The van der Waals surface area contributed by atoms with Crippen molar-refractivity contribution >= 4 is 28.9 Å². The Labute approximate surface area is 149 Å². The standard InChI is InChI=1S/C18H18N2O4S/c1-24-13-6-4-12(5-7-13)14-11-15(16-3-2-10-25-16)20(19-14)17(21)8-9-18(22)23/h2-7,10,15H,8-9,11H2,1H3,(H,22,23)/p-1/t15-/m1/s1. The van der Waals surface area contributed by atoms with E-state index in [9.17, 15) is 14.7 Å². The molecule has 3 rings (SSSR count). The number of nitrogens with zero attached hydrogens (tertiary/aromatic N) is 2. The predicted octanol–water partition coefficient (Wildman–Crippen LogP) is 1.96. The van der Waals surface area contributed by atoms with Gasteiger partial charge in [-0.25, -0.2) is 5.01 Å². The molecule has 1 aliphatic heterocycles. The van der Waals surface area contributed by atoms with E-state index < -0.39 is 5.97 Å². The topological polar surface area (TPSA) is 82.0 Å². The summed E-state index contributed by atoms with van der Waals surface area (Å²) in [6.07, 6.45) is 0.160. The molecular weight excluding hydrogens is 340 g/mol. The molecule has 0 bridgehead atoms. The Balaban J connectivity index is 1.85. The summed E-state index contributed by atoms with van der Waals surface area (Å²) >= 11 is 1.55. The molecule has 130 valence electrons. The van der Waals surface area contributed by atoms with Crippen molar-refractivity contribution < 1.29 is 19.4 Å². The molecule has 0 fully saturated rings. The predicted molar refractivity (Wildman–Crippen MR) is 92.3 cm³/mol. The van der Waals surface area contributed by atoms with Gasteiger partial charge in [-0.3, -0.25) is 4.79 Å². The van der Waals surface area contributed by atoms with E-state index >= 15 is 0 Å². The molecule has 1 aromatic carbocycles. The van der Waals surface area contributed by atoms with Gasteiger partial charge in [0, 0.05) is 23.7 Å². The van der Waals surface area contributed by atoms with Crippen molar-refractivity contribution in [3.63, 3.8) is 0 Å². The van der Waals surface area contributed by atoms with Gasteiger partial charge in [-0.1, -0.05) is 6.07 Å². The SMILES string of the molecule is COc1ccc(C2=NN(C(=O)CCC(=O)[O-])[C@@H](c3cccs3)C2)cc1. The minimum absolute atomic E-state index is 0.121. The minimum Gasteiger partial charge on any atom is -0.550 e. The van der Waals surface area contributed by atoms with Crippen LogP contribution in [0.5, 0.6) is 5.75 Å². The van der Waals surface area contributed by atoms with Crippen LogP contribution in [-0.4, -0.2) is 29.7 Å². The molecule has 7 heteroatoms. The van der Waals surface area contributed by atoms with Gasteiger partial charge in [0.1, 0.15) is 5.75 Å². The molecule has 0 unspecified atom stereocenters. The number of hydrogen-bond donors (Lipinski definition) is 0. The maximum atomic E-state index is 12.4. The van der Waals surface area contributed by atoms with Crippen molar-refractivity contribution in [3.8, 4) is 5.75 Å². The molecule has 0 aliphatic carbocycles. The number of benzene rings is 1. The van der Waals surface area contributed by atoms with E-state index in [0.29, 0.717) is 6.42 Å². The van der Waals surface area contributed by atoms with Crippen LogP contribution in [0.1, 0.15) is 35.7 Å². The lowest BCUT2D eigenvalue weighted by Gasteiger charge is -2.20. The minimum atomic E-state index is -1.24. The highest BCUT2D eigenvalue weighted by atomic mass is 32.1. The van der Waals surface area contributed by atoms with Crippen LogP contribution >= 0.6 is 11.3 Å². The van der Waals surface area contributed by atoms with E-state index in [1.54, 1.807) is 18.4 Å². The van der Waals surface area contributed by atoms with Gasteiger partial charge in [0.2, 0.25) is 5.91 Å². The molecule has 0 saturated heterocycles.